The zero-order chi connectivity index (χ0) is 21.6. The maximum Gasteiger partial charge on any atom is 0.343 e. The van der Waals surface area contributed by atoms with Crippen LogP contribution < -0.4 is 10.3 Å². The molecule has 0 N–H and O–H groups in total. The summed E-state index contributed by atoms with van der Waals surface area (Å²) in [6.07, 6.45) is 2.03. The van der Waals surface area contributed by atoms with Crippen molar-refractivity contribution in [3.63, 3.8) is 0 Å². The number of ether oxygens (including phenoxy) is 1. The van der Waals surface area contributed by atoms with Crippen LogP contribution in [0.15, 0.2) is 10.9 Å². The Bertz CT molecular complexity index is 1050. The van der Waals surface area contributed by atoms with Gasteiger partial charge in [0.05, 0.1) is 17.5 Å². The van der Waals surface area contributed by atoms with Gasteiger partial charge in [0.2, 0.25) is 5.43 Å². The van der Waals surface area contributed by atoms with Gasteiger partial charge >= 0.3 is 5.97 Å². The largest absolute Gasteiger partial charge is 0.462 e. The first-order valence-corrected chi connectivity index (χ1v) is 10.6. The van der Waals surface area contributed by atoms with Gasteiger partial charge in [0.15, 0.2) is 5.82 Å². The number of hydrogen-bond donors (Lipinski definition) is 0. The van der Waals surface area contributed by atoms with E-state index in [0.717, 1.165) is 18.9 Å². The number of likely N-dealkylation sites (N-methyl/N-ethyl adjacent to an activating group) is 1. The zero-order valence-electron chi connectivity index (χ0n) is 17.6. The van der Waals surface area contributed by atoms with Crippen LogP contribution in [-0.2, 0) is 11.2 Å². The Labute approximate surface area is 174 Å². The number of carbonyl (C=O) groups excluding carboxylic acids is 1. The summed E-state index contributed by atoms with van der Waals surface area (Å²) in [5.41, 5.74) is -0.300. The molecule has 2 aromatic rings. The quantitative estimate of drug-likeness (QED) is 0.697. The van der Waals surface area contributed by atoms with Crippen LogP contribution in [0.5, 0.6) is 0 Å². The van der Waals surface area contributed by atoms with Crippen LogP contribution in [0.3, 0.4) is 0 Å². The Hall–Kier alpha value is -2.48. The second-order valence-electron chi connectivity index (χ2n) is 8.03. The fourth-order valence-electron chi connectivity index (χ4n) is 4.34. The molecule has 0 bridgehead atoms. The Kier molecular flexibility index (Phi) is 5.53. The van der Waals surface area contributed by atoms with E-state index in [2.05, 4.69) is 4.90 Å². The molecule has 1 saturated carbocycles. The molecule has 1 aromatic heterocycles. The average Bonchev–Trinajstić information content (AvgIpc) is 3.54. The fraction of sp³-hybridized carbons (Fsp3) is 0.545. The third kappa shape index (κ3) is 3.37. The number of esters is 1. The predicted molar refractivity (Wildman–Crippen MR) is 111 cm³/mol. The Morgan fingerprint density at radius 1 is 1.17 bits per heavy atom. The smallest absolute Gasteiger partial charge is 0.343 e. The minimum atomic E-state index is -0.775. The average molecular weight is 419 g/mol. The number of halogens is 2. The van der Waals surface area contributed by atoms with E-state index in [1.165, 1.54) is 0 Å². The van der Waals surface area contributed by atoms with Crippen molar-refractivity contribution in [3.05, 3.63) is 39.2 Å². The monoisotopic (exact) mass is 419 g/mol. The highest BCUT2D eigenvalue weighted by atomic mass is 19.1. The van der Waals surface area contributed by atoms with Crippen LogP contribution in [-0.4, -0.2) is 55.3 Å². The van der Waals surface area contributed by atoms with Crippen molar-refractivity contribution in [2.45, 2.75) is 39.2 Å². The van der Waals surface area contributed by atoms with Gasteiger partial charge in [-0.3, -0.25) is 4.79 Å². The summed E-state index contributed by atoms with van der Waals surface area (Å²) in [7, 11) is 1.97. The van der Waals surface area contributed by atoms with E-state index in [1.54, 1.807) is 16.4 Å². The molecule has 30 heavy (non-hydrogen) atoms. The van der Waals surface area contributed by atoms with E-state index in [-0.39, 0.29) is 34.8 Å². The summed E-state index contributed by atoms with van der Waals surface area (Å²) in [6, 6.07) is 1.09. The molecule has 0 amide bonds. The predicted octanol–water partition coefficient (Wildman–Crippen LogP) is 3.11. The Morgan fingerprint density at radius 2 is 1.83 bits per heavy atom. The molecule has 1 aromatic carbocycles. The van der Waals surface area contributed by atoms with E-state index < -0.39 is 23.0 Å². The minimum absolute atomic E-state index is 0.00322. The van der Waals surface area contributed by atoms with Crippen LogP contribution in [0, 0.1) is 11.6 Å². The molecule has 0 spiro atoms. The molecule has 2 fully saturated rings. The van der Waals surface area contributed by atoms with Gasteiger partial charge in [-0.25, -0.2) is 13.6 Å². The number of carbonyl (C=O) groups is 1. The molecule has 2 aliphatic rings. The summed E-state index contributed by atoms with van der Waals surface area (Å²) >= 11 is 0. The number of pyridine rings is 1. The van der Waals surface area contributed by atoms with Crippen LogP contribution in [0.4, 0.5) is 14.5 Å². The standard InChI is InChI=1S/C22H27F2N3O3/c1-4-16-17(22(29)30-5-2)21(28)14-12-15(23)20(26-10-8-25(3)9-11-26)18(24)19(14)27(16)13-6-7-13/h12-13H,4-11H2,1-3H3. The van der Waals surface area contributed by atoms with Crippen molar-refractivity contribution >= 4 is 22.6 Å². The SMILES string of the molecule is CCOC(=O)c1c(CC)n(C2CC2)c2c(F)c(N3CCN(C)CC3)c(F)cc2c1=O. The van der Waals surface area contributed by atoms with Crippen LogP contribution >= 0.6 is 0 Å². The molecule has 1 aliphatic carbocycles. The van der Waals surface area contributed by atoms with E-state index in [4.69, 9.17) is 4.74 Å². The van der Waals surface area contributed by atoms with Gasteiger partial charge in [-0.2, -0.15) is 0 Å². The number of nitrogens with zero attached hydrogens (tertiary/aromatic N) is 3. The first kappa shape index (κ1) is 20.8. The lowest BCUT2D eigenvalue weighted by molar-refractivity contribution is 0.0522. The maximum atomic E-state index is 15.9. The molecule has 1 saturated heterocycles. The molecular weight excluding hydrogens is 392 g/mol. The molecule has 1 aliphatic heterocycles. The lowest BCUT2D eigenvalue weighted by Gasteiger charge is -2.34. The van der Waals surface area contributed by atoms with Crippen LogP contribution in [0.1, 0.15) is 48.8 Å². The Balaban J connectivity index is 2.01. The molecule has 8 heteroatoms. The molecule has 6 nitrogen and oxygen atoms in total. The van der Waals surface area contributed by atoms with Gasteiger partial charge in [-0.1, -0.05) is 6.92 Å². The van der Waals surface area contributed by atoms with E-state index >= 15 is 8.78 Å². The summed E-state index contributed by atoms with van der Waals surface area (Å²) in [5, 5.41) is -0.102. The fourth-order valence-corrected chi connectivity index (χ4v) is 4.34. The highest BCUT2D eigenvalue weighted by Gasteiger charge is 2.34. The highest BCUT2D eigenvalue weighted by Crippen LogP contribution is 2.41. The molecule has 0 radical (unpaired) electrons. The molecule has 0 atom stereocenters. The van der Waals surface area contributed by atoms with Crippen molar-refractivity contribution in [1.29, 1.82) is 0 Å². The number of anilines is 1. The van der Waals surface area contributed by atoms with E-state index in [9.17, 15) is 9.59 Å². The topological polar surface area (TPSA) is 54.8 Å². The van der Waals surface area contributed by atoms with Gasteiger partial charge in [-0.15, -0.1) is 0 Å². The minimum Gasteiger partial charge on any atom is -0.462 e. The third-order valence-corrected chi connectivity index (χ3v) is 6.01. The first-order chi connectivity index (χ1) is 14.4. The number of aromatic nitrogens is 1. The molecule has 2 heterocycles. The van der Waals surface area contributed by atoms with Crippen molar-refractivity contribution in [2.75, 3.05) is 44.7 Å². The van der Waals surface area contributed by atoms with Gasteiger partial charge in [0.1, 0.15) is 17.1 Å². The second kappa shape index (κ2) is 7.98. The van der Waals surface area contributed by atoms with Crippen molar-refractivity contribution in [2.24, 2.45) is 0 Å². The van der Waals surface area contributed by atoms with Crippen LogP contribution in [0.25, 0.3) is 10.9 Å². The second-order valence-corrected chi connectivity index (χ2v) is 8.03. The van der Waals surface area contributed by atoms with Crippen LogP contribution in [0.2, 0.25) is 0 Å². The first-order valence-electron chi connectivity index (χ1n) is 10.6. The third-order valence-electron chi connectivity index (χ3n) is 6.01. The van der Waals surface area contributed by atoms with Gasteiger partial charge in [0.25, 0.3) is 0 Å². The van der Waals surface area contributed by atoms with E-state index in [1.807, 2.05) is 14.0 Å². The number of fused-ring (bicyclic) bond motifs is 1. The lowest BCUT2D eigenvalue weighted by Crippen LogP contribution is -2.45. The summed E-state index contributed by atoms with van der Waals surface area (Å²) in [6.45, 7) is 6.02. The number of benzene rings is 1. The summed E-state index contributed by atoms with van der Waals surface area (Å²) in [4.78, 5) is 29.6. The summed E-state index contributed by atoms with van der Waals surface area (Å²) in [5.74, 6) is -2.23. The van der Waals surface area contributed by atoms with Gasteiger partial charge in [-0.05, 0) is 39.3 Å². The Morgan fingerprint density at radius 3 is 2.40 bits per heavy atom. The molecule has 4 rings (SSSR count). The van der Waals surface area contributed by atoms with E-state index in [0.29, 0.717) is 38.3 Å². The van der Waals surface area contributed by atoms with Crippen molar-refractivity contribution < 1.29 is 18.3 Å². The lowest BCUT2D eigenvalue weighted by atomic mass is 10.0. The van der Waals surface area contributed by atoms with Gasteiger partial charge in [0, 0.05) is 37.9 Å². The highest BCUT2D eigenvalue weighted by molar-refractivity contribution is 5.96. The molecule has 162 valence electrons. The molecule has 0 unspecified atom stereocenters. The van der Waals surface area contributed by atoms with Gasteiger partial charge < -0.3 is 19.1 Å². The zero-order valence-corrected chi connectivity index (χ0v) is 17.6. The molecular formula is C22H27F2N3O3. The maximum absolute atomic E-state index is 15.9. The number of rotatable bonds is 5. The number of piperazine rings is 1. The van der Waals surface area contributed by atoms with Crippen molar-refractivity contribution in [3.8, 4) is 0 Å². The number of hydrogen-bond acceptors (Lipinski definition) is 5. The normalized spacial score (nSPS) is 17.6. The van der Waals surface area contributed by atoms with Crippen molar-refractivity contribution in [1.82, 2.24) is 9.47 Å². The summed E-state index contributed by atoms with van der Waals surface area (Å²) < 4.78 is 37.8.